The summed E-state index contributed by atoms with van der Waals surface area (Å²) in [5, 5.41) is 12.5. The lowest BCUT2D eigenvalue weighted by atomic mass is 10.2. The number of hydrogen-bond acceptors (Lipinski definition) is 3. The molecule has 2 aromatic rings. The Labute approximate surface area is 152 Å². The highest BCUT2D eigenvalue weighted by Gasteiger charge is 2.23. The summed E-state index contributed by atoms with van der Waals surface area (Å²) < 4.78 is -0.257. The minimum atomic E-state index is -0.257. The number of rotatable bonds is 4. The van der Waals surface area contributed by atoms with Crippen LogP contribution in [-0.4, -0.2) is 31.8 Å². The van der Waals surface area contributed by atoms with Crippen molar-refractivity contribution in [3.05, 3.63) is 52.7 Å². The van der Waals surface area contributed by atoms with Gasteiger partial charge in [-0.25, -0.2) is 0 Å². The minimum absolute atomic E-state index is 0. The zero-order valence-electron chi connectivity index (χ0n) is 13.2. The summed E-state index contributed by atoms with van der Waals surface area (Å²) in [6.07, 6.45) is 0.835. The van der Waals surface area contributed by atoms with E-state index in [-0.39, 0.29) is 17.1 Å². The lowest BCUT2D eigenvalue weighted by molar-refractivity contribution is -0.840. The molecule has 0 atom stereocenters. The summed E-state index contributed by atoms with van der Waals surface area (Å²) in [5.41, 5.74) is 2.32. The molecular formula is C17H20Cl2N2OS. The van der Waals surface area contributed by atoms with Crippen LogP contribution in [0.15, 0.2) is 52.3 Å². The summed E-state index contributed by atoms with van der Waals surface area (Å²) in [4.78, 5) is 4.73. The first-order valence-electron chi connectivity index (χ1n) is 7.32. The van der Waals surface area contributed by atoms with Crippen LogP contribution < -0.4 is 4.90 Å². The maximum absolute atomic E-state index is 11.8. The molecule has 0 aliphatic carbocycles. The molecule has 3 nitrogen and oxygen atoms in total. The maximum Gasteiger partial charge on any atom is 0.0797 e. The summed E-state index contributed by atoms with van der Waals surface area (Å²) in [7, 11) is 3.37. The first-order chi connectivity index (χ1) is 10.4. The second-order valence-corrected chi connectivity index (χ2v) is 7.50. The topological polar surface area (TPSA) is 26.3 Å². The highest BCUT2D eigenvalue weighted by atomic mass is 35.5. The fourth-order valence-electron chi connectivity index (χ4n) is 2.65. The SMILES string of the molecule is C[N+](C)([O-])CCCN1c2ccccc2Sc2ccc(Cl)cc21.Cl. The Morgan fingerprint density at radius 1 is 1.09 bits per heavy atom. The molecule has 0 amide bonds. The third kappa shape index (κ3) is 4.34. The summed E-state index contributed by atoms with van der Waals surface area (Å²) in [5.74, 6) is 0. The summed E-state index contributed by atoms with van der Waals surface area (Å²) in [6.45, 7) is 1.41. The molecule has 0 saturated heterocycles. The van der Waals surface area contributed by atoms with Gasteiger partial charge in [0.05, 0.1) is 32.0 Å². The molecule has 0 N–H and O–H groups in total. The molecule has 0 bridgehead atoms. The number of halogens is 2. The molecule has 0 spiro atoms. The Bertz CT molecular complexity index is 689. The van der Waals surface area contributed by atoms with E-state index in [0.717, 1.165) is 23.7 Å². The van der Waals surface area contributed by atoms with Crippen LogP contribution in [0.3, 0.4) is 0 Å². The Kier molecular flexibility index (Phi) is 5.87. The van der Waals surface area contributed by atoms with E-state index < -0.39 is 0 Å². The van der Waals surface area contributed by atoms with Crippen LogP contribution >= 0.6 is 35.8 Å². The van der Waals surface area contributed by atoms with Crippen LogP contribution in [0.25, 0.3) is 0 Å². The van der Waals surface area contributed by atoms with Crippen molar-refractivity contribution >= 4 is 47.1 Å². The van der Waals surface area contributed by atoms with E-state index in [1.165, 1.54) is 15.5 Å². The molecule has 6 heteroatoms. The molecule has 1 aliphatic rings. The molecule has 0 unspecified atom stereocenters. The van der Waals surface area contributed by atoms with Crippen LogP contribution in [0.4, 0.5) is 11.4 Å². The smallest absolute Gasteiger partial charge is 0.0797 e. The highest BCUT2D eigenvalue weighted by Crippen LogP contribution is 2.48. The largest absolute Gasteiger partial charge is 0.633 e. The monoisotopic (exact) mass is 370 g/mol. The quantitative estimate of drug-likeness (QED) is 0.537. The Balaban J connectivity index is 0.00000192. The normalized spacial score (nSPS) is 13.1. The standard InChI is InChI=1S/C17H19ClN2OS.ClH/c1-20(2,21)11-5-10-19-14-6-3-4-7-16(14)22-17-9-8-13(18)12-15(17)19;/h3-4,6-9,12H,5,10-11H2,1-2H3;1H. The van der Waals surface area contributed by atoms with Gasteiger partial charge in [0.1, 0.15) is 0 Å². The van der Waals surface area contributed by atoms with Gasteiger partial charge in [0.25, 0.3) is 0 Å². The van der Waals surface area contributed by atoms with E-state index in [2.05, 4.69) is 35.2 Å². The van der Waals surface area contributed by atoms with E-state index in [1.807, 2.05) is 12.1 Å². The molecule has 1 heterocycles. The van der Waals surface area contributed by atoms with Crippen molar-refractivity contribution in [1.29, 1.82) is 0 Å². The fraction of sp³-hybridized carbons (Fsp3) is 0.294. The van der Waals surface area contributed by atoms with E-state index in [9.17, 15) is 5.21 Å². The minimum Gasteiger partial charge on any atom is -0.633 e. The van der Waals surface area contributed by atoms with Gasteiger partial charge in [-0.2, -0.15) is 0 Å². The second-order valence-electron chi connectivity index (χ2n) is 5.98. The molecule has 1 aliphatic heterocycles. The molecule has 0 radical (unpaired) electrons. The van der Waals surface area contributed by atoms with Crippen LogP contribution in [0.5, 0.6) is 0 Å². The zero-order chi connectivity index (χ0) is 15.7. The van der Waals surface area contributed by atoms with Crippen molar-refractivity contribution < 1.29 is 4.65 Å². The second kappa shape index (κ2) is 7.32. The average molecular weight is 371 g/mol. The molecule has 0 fully saturated rings. The van der Waals surface area contributed by atoms with Crippen molar-refractivity contribution in [2.45, 2.75) is 16.2 Å². The van der Waals surface area contributed by atoms with Gasteiger partial charge in [-0.05, 0) is 30.3 Å². The molecule has 0 saturated carbocycles. The number of para-hydroxylation sites is 1. The van der Waals surface area contributed by atoms with E-state index in [4.69, 9.17) is 11.6 Å². The number of quaternary nitrogens is 1. The number of benzene rings is 2. The first kappa shape index (κ1) is 18.4. The molecule has 2 aromatic carbocycles. The van der Waals surface area contributed by atoms with Crippen LogP contribution in [0.1, 0.15) is 6.42 Å². The molecule has 124 valence electrons. The van der Waals surface area contributed by atoms with E-state index >= 15 is 0 Å². The lowest BCUT2D eigenvalue weighted by Gasteiger charge is -2.36. The van der Waals surface area contributed by atoms with Gasteiger partial charge in [0, 0.05) is 27.8 Å². The van der Waals surface area contributed by atoms with Gasteiger partial charge in [-0.1, -0.05) is 35.5 Å². The number of nitrogens with zero attached hydrogens (tertiary/aromatic N) is 2. The van der Waals surface area contributed by atoms with Gasteiger partial charge in [-0.15, -0.1) is 12.4 Å². The highest BCUT2D eigenvalue weighted by molar-refractivity contribution is 7.99. The predicted molar refractivity (Wildman–Crippen MR) is 101 cm³/mol. The van der Waals surface area contributed by atoms with Gasteiger partial charge in [0.2, 0.25) is 0 Å². The van der Waals surface area contributed by atoms with Gasteiger partial charge in [0.15, 0.2) is 0 Å². The average Bonchev–Trinajstić information content (AvgIpc) is 2.46. The van der Waals surface area contributed by atoms with Gasteiger partial charge >= 0.3 is 0 Å². The van der Waals surface area contributed by atoms with Crippen molar-refractivity contribution in [2.24, 2.45) is 0 Å². The third-order valence-corrected chi connectivity index (χ3v) is 5.03. The predicted octanol–water partition coefficient (Wildman–Crippen LogP) is 5.33. The Hall–Kier alpha value is -0.910. The van der Waals surface area contributed by atoms with Gasteiger partial charge < -0.3 is 14.8 Å². The number of anilines is 2. The molecule has 23 heavy (non-hydrogen) atoms. The third-order valence-electron chi connectivity index (χ3n) is 3.67. The maximum atomic E-state index is 11.8. The van der Waals surface area contributed by atoms with Crippen LogP contribution in [0, 0.1) is 5.21 Å². The van der Waals surface area contributed by atoms with Crippen LogP contribution in [-0.2, 0) is 0 Å². The van der Waals surface area contributed by atoms with Crippen molar-refractivity contribution in [3.63, 3.8) is 0 Å². The number of hydroxylamine groups is 3. The Morgan fingerprint density at radius 2 is 1.78 bits per heavy atom. The van der Waals surface area contributed by atoms with E-state index in [1.54, 1.807) is 25.9 Å². The summed E-state index contributed by atoms with van der Waals surface area (Å²) >= 11 is 7.95. The lowest BCUT2D eigenvalue weighted by Crippen LogP contribution is -2.35. The van der Waals surface area contributed by atoms with E-state index in [0.29, 0.717) is 6.54 Å². The molecular weight excluding hydrogens is 351 g/mol. The Morgan fingerprint density at radius 3 is 2.52 bits per heavy atom. The molecule has 0 aromatic heterocycles. The number of hydrogen-bond donors (Lipinski definition) is 0. The molecule has 3 rings (SSSR count). The number of fused-ring (bicyclic) bond motifs is 2. The van der Waals surface area contributed by atoms with Crippen LogP contribution in [0.2, 0.25) is 5.02 Å². The fourth-order valence-corrected chi connectivity index (χ4v) is 3.90. The van der Waals surface area contributed by atoms with Gasteiger partial charge in [-0.3, -0.25) is 0 Å². The first-order valence-corrected chi connectivity index (χ1v) is 8.51. The van der Waals surface area contributed by atoms with Crippen molar-refractivity contribution in [2.75, 3.05) is 32.1 Å². The van der Waals surface area contributed by atoms with Crippen molar-refractivity contribution in [3.8, 4) is 0 Å². The van der Waals surface area contributed by atoms with Crippen molar-refractivity contribution in [1.82, 2.24) is 0 Å². The zero-order valence-corrected chi connectivity index (χ0v) is 15.5. The summed E-state index contributed by atoms with van der Waals surface area (Å²) in [6, 6.07) is 14.4.